The number of hydrogen-bond acceptors (Lipinski definition) is 3. The third kappa shape index (κ3) is 1.62. The first-order valence-corrected chi connectivity index (χ1v) is 5.44. The molecule has 1 amide bonds. The average molecular weight is 238 g/mol. The fourth-order valence-electron chi connectivity index (χ4n) is 1.91. The lowest BCUT2D eigenvalue weighted by molar-refractivity contribution is 0.100. The van der Waals surface area contributed by atoms with Gasteiger partial charge in [0.15, 0.2) is 5.65 Å². The molecule has 88 valence electrons. The second kappa shape index (κ2) is 3.96. The molecule has 0 fully saturated rings. The fourth-order valence-corrected chi connectivity index (χ4v) is 1.91. The number of nitrogens with zero attached hydrogens (tertiary/aromatic N) is 2. The summed E-state index contributed by atoms with van der Waals surface area (Å²) in [5, 5.41) is 0. The van der Waals surface area contributed by atoms with Gasteiger partial charge in [0.2, 0.25) is 5.91 Å². The second-order valence-corrected chi connectivity index (χ2v) is 3.90. The van der Waals surface area contributed by atoms with Crippen LogP contribution in [0.3, 0.4) is 0 Å². The minimum absolute atomic E-state index is 0.442. The van der Waals surface area contributed by atoms with Gasteiger partial charge in [-0.05, 0) is 17.7 Å². The van der Waals surface area contributed by atoms with Crippen LogP contribution in [0.4, 0.5) is 0 Å². The van der Waals surface area contributed by atoms with Crippen LogP contribution in [0.1, 0.15) is 10.4 Å². The first-order valence-electron chi connectivity index (χ1n) is 5.44. The summed E-state index contributed by atoms with van der Waals surface area (Å²) in [6.45, 7) is 0. The normalized spacial score (nSPS) is 10.7. The summed E-state index contributed by atoms with van der Waals surface area (Å²) in [5.41, 5.74) is 9.04. The number of H-pyrrole nitrogens is 1. The third-order valence-electron chi connectivity index (χ3n) is 2.76. The SMILES string of the molecule is NC(=O)c1cccc(-c2c[nH]c3nccnc23)c1. The van der Waals surface area contributed by atoms with E-state index in [1.807, 2.05) is 12.3 Å². The van der Waals surface area contributed by atoms with Crippen molar-refractivity contribution in [1.82, 2.24) is 15.0 Å². The maximum Gasteiger partial charge on any atom is 0.248 e. The summed E-state index contributed by atoms with van der Waals surface area (Å²) >= 11 is 0. The van der Waals surface area contributed by atoms with E-state index in [0.717, 1.165) is 22.3 Å². The maximum atomic E-state index is 11.2. The molecule has 0 aliphatic heterocycles. The Morgan fingerprint density at radius 3 is 2.89 bits per heavy atom. The van der Waals surface area contributed by atoms with Crippen LogP contribution in [0.2, 0.25) is 0 Å². The van der Waals surface area contributed by atoms with Crippen LogP contribution in [-0.4, -0.2) is 20.9 Å². The van der Waals surface area contributed by atoms with Crippen LogP contribution in [0.25, 0.3) is 22.3 Å². The standard InChI is InChI=1S/C13H10N4O/c14-12(18)9-3-1-2-8(6-9)10-7-17-13-11(10)15-4-5-16-13/h1-7H,(H2,14,18)(H,16,17). The summed E-state index contributed by atoms with van der Waals surface area (Å²) in [7, 11) is 0. The van der Waals surface area contributed by atoms with Crippen molar-refractivity contribution in [2.24, 2.45) is 5.73 Å². The number of primary amides is 1. The average Bonchev–Trinajstić information content (AvgIpc) is 2.82. The van der Waals surface area contributed by atoms with Crippen molar-refractivity contribution in [3.05, 3.63) is 48.4 Å². The lowest BCUT2D eigenvalue weighted by Gasteiger charge is -2.01. The summed E-state index contributed by atoms with van der Waals surface area (Å²) in [4.78, 5) is 22.7. The van der Waals surface area contributed by atoms with Gasteiger partial charge in [0.25, 0.3) is 0 Å². The molecular formula is C13H10N4O. The Bertz CT molecular complexity index is 732. The van der Waals surface area contributed by atoms with Gasteiger partial charge in [0, 0.05) is 29.7 Å². The number of amides is 1. The zero-order valence-electron chi connectivity index (χ0n) is 9.42. The van der Waals surface area contributed by atoms with E-state index in [9.17, 15) is 4.79 Å². The van der Waals surface area contributed by atoms with Crippen LogP contribution in [0.15, 0.2) is 42.9 Å². The summed E-state index contributed by atoms with van der Waals surface area (Å²) in [6.07, 6.45) is 5.09. The number of aromatic nitrogens is 3. The molecule has 0 spiro atoms. The molecule has 0 aliphatic rings. The minimum Gasteiger partial charge on any atom is -0.366 e. The van der Waals surface area contributed by atoms with Gasteiger partial charge in [-0.1, -0.05) is 12.1 Å². The quantitative estimate of drug-likeness (QED) is 0.712. The lowest BCUT2D eigenvalue weighted by atomic mass is 10.0. The number of aromatic amines is 1. The van der Waals surface area contributed by atoms with Crippen LogP contribution < -0.4 is 5.73 Å². The van der Waals surface area contributed by atoms with Gasteiger partial charge in [-0.2, -0.15) is 0 Å². The molecule has 0 radical (unpaired) electrons. The molecule has 0 saturated heterocycles. The number of nitrogens with two attached hydrogens (primary N) is 1. The molecule has 0 aliphatic carbocycles. The highest BCUT2D eigenvalue weighted by atomic mass is 16.1. The van der Waals surface area contributed by atoms with Crippen LogP contribution >= 0.6 is 0 Å². The van der Waals surface area contributed by atoms with E-state index in [1.54, 1.807) is 30.6 Å². The minimum atomic E-state index is -0.442. The van der Waals surface area contributed by atoms with Crippen molar-refractivity contribution in [1.29, 1.82) is 0 Å². The van der Waals surface area contributed by atoms with E-state index < -0.39 is 5.91 Å². The van der Waals surface area contributed by atoms with Crippen molar-refractivity contribution >= 4 is 17.1 Å². The van der Waals surface area contributed by atoms with E-state index in [-0.39, 0.29) is 0 Å². The Labute approximate surface area is 103 Å². The van der Waals surface area contributed by atoms with Crippen LogP contribution in [0, 0.1) is 0 Å². The summed E-state index contributed by atoms with van der Waals surface area (Å²) in [5.74, 6) is -0.442. The van der Waals surface area contributed by atoms with Crippen molar-refractivity contribution in [2.45, 2.75) is 0 Å². The molecule has 2 aromatic heterocycles. The molecule has 0 saturated carbocycles. The molecule has 3 N–H and O–H groups in total. The topological polar surface area (TPSA) is 84.7 Å². The first kappa shape index (κ1) is 10.5. The van der Waals surface area contributed by atoms with E-state index >= 15 is 0 Å². The fraction of sp³-hybridized carbons (Fsp3) is 0. The lowest BCUT2D eigenvalue weighted by Crippen LogP contribution is -2.10. The number of fused-ring (bicyclic) bond motifs is 1. The smallest absolute Gasteiger partial charge is 0.248 e. The van der Waals surface area contributed by atoms with Crippen LogP contribution in [0.5, 0.6) is 0 Å². The van der Waals surface area contributed by atoms with Crippen molar-refractivity contribution in [3.8, 4) is 11.1 Å². The molecule has 18 heavy (non-hydrogen) atoms. The predicted octanol–water partition coefficient (Wildman–Crippen LogP) is 1.72. The second-order valence-electron chi connectivity index (χ2n) is 3.90. The Kier molecular flexibility index (Phi) is 2.30. The molecular weight excluding hydrogens is 228 g/mol. The largest absolute Gasteiger partial charge is 0.366 e. The molecule has 3 rings (SSSR count). The molecule has 5 heteroatoms. The van der Waals surface area contributed by atoms with Gasteiger partial charge in [0.05, 0.1) is 0 Å². The van der Waals surface area contributed by atoms with E-state index in [0.29, 0.717) is 5.56 Å². The van der Waals surface area contributed by atoms with Gasteiger partial charge in [-0.15, -0.1) is 0 Å². The Morgan fingerprint density at radius 1 is 1.22 bits per heavy atom. The van der Waals surface area contributed by atoms with Crippen LogP contribution in [-0.2, 0) is 0 Å². The molecule has 0 bridgehead atoms. The van der Waals surface area contributed by atoms with E-state index in [4.69, 9.17) is 5.73 Å². The number of carbonyl (C=O) groups excluding carboxylic acids is 1. The van der Waals surface area contributed by atoms with Gasteiger partial charge in [-0.25, -0.2) is 4.98 Å². The van der Waals surface area contributed by atoms with Gasteiger partial charge in [-0.3, -0.25) is 9.78 Å². The number of rotatable bonds is 2. The Morgan fingerprint density at radius 2 is 2.06 bits per heavy atom. The maximum absolute atomic E-state index is 11.2. The van der Waals surface area contributed by atoms with Gasteiger partial charge >= 0.3 is 0 Å². The highest BCUT2D eigenvalue weighted by Crippen LogP contribution is 2.26. The zero-order valence-corrected chi connectivity index (χ0v) is 9.42. The van der Waals surface area contributed by atoms with Gasteiger partial charge in [0.1, 0.15) is 5.52 Å². The van der Waals surface area contributed by atoms with E-state index in [1.165, 1.54) is 0 Å². The number of hydrogen-bond donors (Lipinski definition) is 2. The van der Waals surface area contributed by atoms with Gasteiger partial charge < -0.3 is 10.7 Å². The number of carbonyl (C=O) groups is 1. The highest BCUT2D eigenvalue weighted by molar-refractivity contribution is 5.96. The highest BCUT2D eigenvalue weighted by Gasteiger charge is 2.09. The Balaban J connectivity index is 2.20. The molecule has 0 atom stereocenters. The molecule has 2 heterocycles. The number of benzene rings is 1. The van der Waals surface area contributed by atoms with Crippen molar-refractivity contribution in [2.75, 3.05) is 0 Å². The number of nitrogens with one attached hydrogen (secondary N) is 1. The predicted molar refractivity (Wildman–Crippen MR) is 67.8 cm³/mol. The summed E-state index contributed by atoms with van der Waals surface area (Å²) in [6, 6.07) is 7.14. The van der Waals surface area contributed by atoms with E-state index in [2.05, 4.69) is 15.0 Å². The molecule has 1 aromatic carbocycles. The van der Waals surface area contributed by atoms with Crippen molar-refractivity contribution in [3.63, 3.8) is 0 Å². The Hall–Kier alpha value is -2.69. The molecule has 3 aromatic rings. The van der Waals surface area contributed by atoms with Crippen molar-refractivity contribution < 1.29 is 4.79 Å². The zero-order chi connectivity index (χ0) is 12.5. The molecule has 0 unspecified atom stereocenters. The first-order chi connectivity index (χ1) is 8.75. The third-order valence-corrected chi connectivity index (χ3v) is 2.76. The monoisotopic (exact) mass is 238 g/mol. The molecule has 5 nitrogen and oxygen atoms in total. The summed E-state index contributed by atoms with van der Waals surface area (Å²) < 4.78 is 0.